The lowest BCUT2D eigenvalue weighted by atomic mass is 10.2. The monoisotopic (exact) mass is 444 g/mol. The van der Waals surface area contributed by atoms with Crippen LogP contribution in [0.4, 0.5) is 0 Å². The Balaban J connectivity index is 0.00000264. The second kappa shape index (κ2) is 10.4. The second-order valence-electron chi connectivity index (χ2n) is 4.91. The van der Waals surface area contributed by atoms with Gasteiger partial charge in [-0.25, -0.2) is 4.99 Å². The number of halogens is 2. The first-order chi connectivity index (χ1) is 10.7. The molecule has 0 spiro atoms. The lowest BCUT2D eigenvalue weighted by molar-refractivity contribution is 0.796. The van der Waals surface area contributed by atoms with Crippen LogP contribution in [0, 0.1) is 6.92 Å². The third-order valence-electron chi connectivity index (χ3n) is 3.09. The number of aromatic nitrogens is 1. The van der Waals surface area contributed by atoms with Gasteiger partial charge in [0, 0.05) is 17.3 Å². The van der Waals surface area contributed by atoms with Gasteiger partial charge < -0.3 is 10.6 Å². The Morgan fingerprint density at radius 3 is 2.61 bits per heavy atom. The average molecular weight is 445 g/mol. The molecule has 0 atom stereocenters. The van der Waals surface area contributed by atoms with Crippen molar-refractivity contribution in [2.45, 2.75) is 26.9 Å². The van der Waals surface area contributed by atoms with Crippen LogP contribution in [0.3, 0.4) is 0 Å². The van der Waals surface area contributed by atoms with Gasteiger partial charge in [0.15, 0.2) is 5.96 Å². The van der Waals surface area contributed by atoms with Gasteiger partial charge in [0.2, 0.25) is 0 Å². The first-order valence-corrected chi connectivity index (χ1v) is 7.75. The lowest BCUT2D eigenvalue weighted by Crippen LogP contribution is -2.37. The van der Waals surface area contributed by atoms with Crippen molar-refractivity contribution >= 4 is 41.5 Å². The molecule has 0 fully saturated rings. The van der Waals surface area contributed by atoms with Crippen molar-refractivity contribution in [2.24, 2.45) is 4.99 Å². The third-order valence-corrected chi connectivity index (χ3v) is 3.46. The van der Waals surface area contributed by atoms with E-state index < -0.39 is 0 Å². The number of rotatable bonds is 5. The minimum atomic E-state index is 0. The molecule has 2 aromatic rings. The zero-order valence-electron chi connectivity index (χ0n) is 13.3. The molecular weight excluding hydrogens is 423 g/mol. The minimum Gasteiger partial charge on any atom is -0.357 e. The van der Waals surface area contributed by atoms with Gasteiger partial charge in [0.25, 0.3) is 0 Å². The van der Waals surface area contributed by atoms with Crippen molar-refractivity contribution in [1.29, 1.82) is 0 Å². The Bertz CT molecular complexity index is 646. The zero-order valence-corrected chi connectivity index (χ0v) is 16.4. The van der Waals surface area contributed by atoms with Crippen LogP contribution in [0.2, 0.25) is 5.02 Å². The molecule has 6 heteroatoms. The van der Waals surface area contributed by atoms with E-state index in [-0.39, 0.29) is 24.0 Å². The third kappa shape index (κ3) is 6.74. The minimum absolute atomic E-state index is 0. The van der Waals surface area contributed by atoms with Crippen LogP contribution in [0.15, 0.2) is 47.5 Å². The molecular formula is C17H22ClIN4. The number of aryl methyl sites for hydroxylation is 1. The molecule has 4 nitrogen and oxygen atoms in total. The maximum atomic E-state index is 6.16. The summed E-state index contributed by atoms with van der Waals surface area (Å²) in [6.07, 6.45) is 0. The highest BCUT2D eigenvalue weighted by atomic mass is 127. The van der Waals surface area contributed by atoms with E-state index >= 15 is 0 Å². The number of pyridine rings is 1. The normalized spacial score (nSPS) is 10.8. The molecule has 0 saturated carbocycles. The summed E-state index contributed by atoms with van der Waals surface area (Å²) in [6, 6.07) is 13.7. The van der Waals surface area contributed by atoms with Crippen LogP contribution >= 0.6 is 35.6 Å². The largest absolute Gasteiger partial charge is 0.357 e. The van der Waals surface area contributed by atoms with Crippen molar-refractivity contribution in [3.63, 3.8) is 0 Å². The number of nitrogens with zero attached hydrogens (tertiary/aromatic N) is 2. The number of hydrogen-bond donors (Lipinski definition) is 2. The fourth-order valence-electron chi connectivity index (χ4n) is 2.00. The number of guanidine groups is 1. The molecule has 0 radical (unpaired) electrons. The second-order valence-corrected chi connectivity index (χ2v) is 5.32. The first-order valence-electron chi connectivity index (χ1n) is 7.37. The van der Waals surface area contributed by atoms with Crippen LogP contribution in [-0.2, 0) is 13.1 Å². The predicted molar refractivity (Wildman–Crippen MR) is 107 cm³/mol. The van der Waals surface area contributed by atoms with Crippen LogP contribution < -0.4 is 10.6 Å². The van der Waals surface area contributed by atoms with E-state index in [1.807, 2.05) is 56.3 Å². The number of aliphatic imine (C=N–C) groups is 1. The summed E-state index contributed by atoms with van der Waals surface area (Å²) in [5.41, 5.74) is 3.01. The van der Waals surface area contributed by atoms with Gasteiger partial charge in [-0.2, -0.15) is 0 Å². The van der Waals surface area contributed by atoms with E-state index in [9.17, 15) is 0 Å². The summed E-state index contributed by atoms with van der Waals surface area (Å²) < 4.78 is 0. The van der Waals surface area contributed by atoms with Crippen LogP contribution in [0.1, 0.15) is 23.9 Å². The van der Waals surface area contributed by atoms with Crippen LogP contribution in [0.5, 0.6) is 0 Å². The maximum Gasteiger partial charge on any atom is 0.191 e. The Labute approximate surface area is 159 Å². The summed E-state index contributed by atoms with van der Waals surface area (Å²) in [7, 11) is 0. The van der Waals surface area contributed by atoms with E-state index in [1.165, 1.54) is 0 Å². The molecule has 23 heavy (non-hydrogen) atoms. The van der Waals surface area contributed by atoms with Gasteiger partial charge in [-0.15, -0.1) is 24.0 Å². The molecule has 124 valence electrons. The smallest absolute Gasteiger partial charge is 0.191 e. The highest BCUT2D eigenvalue weighted by molar-refractivity contribution is 14.0. The molecule has 1 heterocycles. The zero-order chi connectivity index (χ0) is 15.8. The summed E-state index contributed by atoms with van der Waals surface area (Å²) >= 11 is 6.16. The topological polar surface area (TPSA) is 49.3 Å². The molecule has 1 aromatic heterocycles. The van der Waals surface area contributed by atoms with E-state index in [0.29, 0.717) is 13.1 Å². The highest BCUT2D eigenvalue weighted by Crippen LogP contribution is 2.15. The summed E-state index contributed by atoms with van der Waals surface area (Å²) in [4.78, 5) is 9.04. The Hall–Kier alpha value is -1.34. The average Bonchev–Trinajstić information content (AvgIpc) is 2.51. The predicted octanol–water partition coefficient (Wildman–Crippen LogP) is 3.92. The van der Waals surface area contributed by atoms with E-state index in [1.54, 1.807) is 0 Å². The van der Waals surface area contributed by atoms with E-state index in [2.05, 4.69) is 20.6 Å². The maximum absolute atomic E-state index is 6.16. The number of hydrogen-bond acceptors (Lipinski definition) is 2. The molecule has 0 aliphatic rings. The molecule has 0 saturated heterocycles. The van der Waals surface area contributed by atoms with Gasteiger partial charge in [-0.3, -0.25) is 4.98 Å². The molecule has 0 bridgehead atoms. The summed E-state index contributed by atoms with van der Waals surface area (Å²) in [6.45, 7) is 6.00. The van der Waals surface area contributed by atoms with Crippen molar-refractivity contribution in [3.8, 4) is 0 Å². The molecule has 1 aromatic carbocycles. The summed E-state index contributed by atoms with van der Waals surface area (Å²) in [5, 5.41) is 7.25. The van der Waals surface area contributed by atoms with Crippen molar-refractivity contribution in [1.82, 2.24) is 15.6 Å². The van der Waals surface area contributed by atoms with Gasteiger partial charge in [0.1, 0.15) is 0 Å². The van der Waals surface area contributed by atoms with Crippen LogP contribution in [0.25, 0.3) is 0 Å². The van der Waals surface area contributed by atoms with Gasteiger partial charge >= 0.3 is 0 Å². The molecule has 0 aliphatic heterocycles. The van der Waals surface area contributed by atoms with Gasteiger partial charge in [-0.1, -0.05) is 35.9 Å². The van der Waals surface area contributed by atoms with Crippen LogP contribution in [-0.4, -0.2) is 17.5 Å². The standard InChI is InChI=1S/C17H21ClN4.HI/c1-3-19-17(20-11-14-8-4-5-10-16(14)18)21-12-15-9-6-7-13(2)22-15;/h4-10H,3,11-12H2,1-2H3,(H2,19,20,21);1H. The Kier molecular flexibility index (Phi) is 8.94. The molecule has 0 aliphatic carbocycles. The fraction of sp³-hybridized carbons (Fsp3) is 0.294. The van der Waals surface area contributed by atoms with E-state index in [4.69, 9.17) is 11.6 Å². The first kappa shape index (κ1) is 19.7. The molecule has 0 amide bonds. The van der Waals surface area contributed by atoms with Crippen molar-refractivity contribution in [3.05, 3.63) is 64.4 Å². The SMILES string of the molecule is CCNC(=NCc1ccccc1Cl)NCc1cccc(C)n1.I. The van der Waals surface area contributed by atoms with E-state index in [0.717, 1.165) is 34.5 Å². The molecule has 2 N–H and O–H groups in total. The Morgan fingerprint density at radius 2 is 1.91 bits per heavy atom. The summed E-state index contributed by atoms with van der Waals surface area (Å²) in [5.74, 6) is 0.755. The van der Waals surface area contributed by atoms with Crippen molar-refractivity contribution < 1.29 is 0 Å². The lowest BCUT2D eigenvalue weighted by Gasteiger charge is -2.11. The Morgan fingerprint density at radius 1 is 1.13 bits per heavy atom. The van der Waals surface area contributed by atoms with Gasteiger partial charge in [-0.05, 0) is 37.6 Å². The molecule has 0 unspecified atom stereocenters. The fourth-order valence-corrected chi connectivity index (χ4v) is 2.20. The molecule has 2 rings (SSSR count). The number of benzene rings is 1. The quantitative estimate of drug-likeness (QED) is 0.417. The van der Waals surface area contributed by atoms with Crippen molar-refractivity contribution in [2.75, 3.05) is 6.54 Å². The number of nitrogens with one attached hydrogen (secondary N) is 2. The van der Waals surface area contributed by atoms with Gasteiger partial charge in [0.05, 0.1) is 18.8 Å². The highest BCUT2D eigenvalue weighted by Gasteiger charge is 2.01.